The van der Waals surface area contributed by atoms with Crippen molar-refractivity contribution in [2.45, 2.75) is 18.7 Å². The molecule has 9 heteroatoms. The van der Waals surface area contributed by atoms with Crippen LogP contribution in [0, 0.1) is 13.8 Å². The van der Waals surface area contributed by atoms with Crippen LogP contribution in [0.1, 0.15) is 16.8 Å². The first-order valence-electron chi connectivity index (χ1n) is 10.0. The molecule has 0 bridgehead atoms. The van der Waals surface area contributed by atoms with E-state index in [9.17, 15) is 13.2 Å². The van der Waals surface area contributed by atoms with E-state index in [1.807, 2.05) is 19.1 Å². The molecule has 33 heavy (non-hydrogen) atoms. The van der Waals surface area contributed by atoms with Gasteiger partial charge in [-0.1, -0.05) is 35.4 Å². The minimum atomic E-state index is -3.73. The normalized spacial score (nSPS) is 11.7. The lowest BCUT2D eigenvalue weighted by atomic mass is 10.2. The third kappa shape index (κ3) is 5.08. The van der Waals surface area contributed by atoms with Crippen molar-refractivity contribution < 1.29 is 8.42 Å². The van der Waals surface area contributed by atoms with Crippen LogP contribution in [0.15, 0.2) is 87.5 Å². The molecular weight excluding hydrogens is 460 g/mol. The highest BCUT2D eigenvalue weighted by Crippen LogP contribution is 2.20. The van der Waals surface area contributed by atoms with Gasteiger partial charge in [0.25, 0.3) is 15.6 Å². The Bertz CT molecular complexity index is 1490. The lowest BCUT2D eigenvalue weighted by Gasteiger charge is -2.08. The molecule has 0 spiro atoms. The SMILES string of the molecule is Cc1ccc(NS(=O)(=O)c2ccc(N=Cc3c(C)[nH]n(-c4cccc(Cl)c4)c3=O)cc2)cc1. The molecule has 7 nitrogen and oxygen atoms in total. The van der Waals surface area contributed by atoms with Crippen molar-refractivity contribution in [2.75, 3.05) is 4.72 Å². The summed E-state index contributed by atoms with van der Waals surface area (Å²) in [5.41, 5.74) is 3.43. The number of aliphatic imine (C=N–C) groups is 1. The van der Waals surface area contributed by atoms with Crippen LogP contribution >= 0.6 is 11.6 Å². The van der Waals surface area contributed by atoms with Crippen LogP contribution in [0.2, 0.25) is 5.02 Å². The first-order valence-corrected chi connectivity index (χ1v) is 11.9. The van der Waals surface area contributed by atoms with Crippen molar-refractivity contribution in [3.8, 4) is 5.69 Å². The Balaban J connectivity index is 1.54. The van der Waals surface area contributed by atoms with Crippen molar-refractivity contribution in [3.63, 3.8) is 0 Å². The van der Waals surface area contributed by atoms with Crippen molar-refractivity contribution in [3.05, 3.63) is 105 Å². The molecule has 4 rings (SSSR count). The van der Waals surface area contributed by atoms with E-state index in [2.05, 4.69) is 14.8 Å². The van der Waals surface area contributed by atoms with E-state index >= 15 is 0 Å². The van der Waals surface area contributed by atoms with Crippen molar-refractivity contribution in [1.29, 1.82) is 0 Å². The summed E-state index contributed by atoms with van der Waals surface area (Å²) < 4.78 is 29.2. The summed E-state index contributed by atoms with van der Waals surface area (Å²) in [6, 6.07) is 20.1. The maximum atomic E-state index is 12.8. The predicted molar refractivity (Wildman–Crippen MR) is 132 cm³/mol. The average Bonchev–Trinajstić information content (AvgIpc) is 3.07. The van der Waals surface area contributed by atoms with Crippen LogP contribution in [-0.4, -0.2) is 24.4 Å². The number of hydrogen-bond donors (Lipinski definition) is 2. The Kier molecular flexibility index (Phi) is 6.22. The zero-order valence-electron chi connectivity index (χ0n) is 17.9. The summed E-state index contributed by atoms with van der Waals surface area (Å²) in [4.78, 5) is 17.3. The minimum Gasteiger partial charge on any atom is -0.295 e. The summed E-state index contributed by atoms with van der Waals surface area (Å²) in [6.45, 7) is 3.70. The molecule has 1 aromatic heterocycles. The summed E-state index contributed by atoms with van der Waals surface area (Å²) in [7, 11) is -3.73. The Morgan fingerprint density at radius 3 is 2.36 bits per heavy atom. The Morgan fingerprint density at radius 1 is 1.00 bits per heavy atom. The van der Waals surface area contributed by atoms with Gasteiger partial charge in [-0.3, -0.25) is 19.6 Å². The standard InChI is InChI=1S/C24H21ClN4O3S/c1-16-6-8-20(9-7-16)28-33(31,32)22-12-10-19(11-13-22)26-15-23-17(2)27-29(24(23)30)21-5-3-4-18(25)14-21/h3-15,27-28H,1-2H3. The molecule has 0 radical (unpaired) electrons. The summed E-state index contributed by atoms with van der Waals surface area (Å²) in [6.07, 6.45) is 1.46. The average molecular weight is 481 g/mol. The molecule has 4 aromatic rings. The van der Waals surface area contributed by atoms with E-state index in [4.69, 9.17) is 11.6 Å². The summed E-state index contributed by atoms with van der Waals surface area (Å²) in [5, 5.41) is 3.54. The molecule has 0 atom stereocenters. The Morgan fingerprint density at radius 2 is 1.70 bits per heavy atom. The second-order valence-electron chi connectivity index (χ2n) is 7.49. The summed E-state index contributed by atoms with van der Waals surface area (Å²) in [5.74, 6) is 0. The van der Waals surface area contributed by atoms with Crippen LogP contribution in [0.25, 0.3) is 5.69 Å². The second kappa shape index (κ2) is 9.09. The van der Waals surface area contributed by atoms with Gasteiger partial charge in [-0.15, -0.1) is 0 Å². The van der Waals surface area contributed by atoms with Crippen molar-refractivity contribution >= 4 is 39.2 Å². The number of halogens is 1. The van der Waals surface area contributed by atoms with Crippen LogP contribution in [0.5, 0.6) is 0 Å². The highest BCUT2D eigenvalue weighted by Gasteiger charge is 2.14. The molecule has 0 fully saturated rings. The molecule has 0 aliphatic carbocycles. The van der Waals surface area contributed by atoms with Gasteiger partial charge in [-0.2, -0.15) is 0 Å². The number of anilines is 1. The molecule has 0 saturated heterocycles. The fourth-order valence-corrected chi connectivity index (χ4v) is 4.44. The third-order valence-corrected chi connectivity index (χ3v) is 6.61. The van der Waals surface area contributed by atoms with E-state index in [1.54, 1.807) is 55.5 Å². The second-order valence-corrected chi connectivity index (χ2v) is 9.61. The monoisotopic (exact) mass is 480 g/mol. The van der Waals surface area contributed by atoms with Gasteiger partial charge in [0.1, 0.15) is 0 Å². The molecule has 168 valence electrons. The van der Waals surface area contributed by atoms with Gasteiger partial charge in [0.2, 0.25) is 0 Å². The first-order chi connectivity index (χ1) is 15.7. The van der Waals surface area contributed by atoms with E-state index in [-0.39, 0.29) is 10.5 Å². The lowest BCUT2D eigenvalue weighted by molar-refractivity contribution is 0.601. The maximum Gasteiger partial charge on any atom is 0.280 e. The van der Waals surface area contributed by atoms with Crippen molar-refractivity contribution in [1.82, 2.24) is 9.78 Å². The van der Waals surface area contributed by atoms with E-state index in [1.165, 1.54) is 23.0 Å². The molecule has 0 aliphatic rings. The van der Waals surface area contributed by atoms with E-state index < -0.39 is 10.0 Å². The van der Waals surface area contributed by atoms with Crippen molar-refractivity contribution in [2.24, 2.45) is 4.99 Å². The molecule has 0 amide bonds. The van der Waals surface area contributed by atoms with Crippen LogP contribution in [0.3, 0.4) is 0 Å². The first kappa shape index (κ1) is 22.6. The van der Waals surface area contributed by atoms with Gasteiger partial charge < -0.3 is 0 Å². The highest BCUT2D eigenvalue weighted by atomic mass is 35.5. The Labute approximate surface area is 196 Å². The van der Waals surface area contributed by atoms with Crippen LogP contribution in [-0.2, 0) is 10.0 Å². The smallest absolute Gasteiger partial charge is 0.280 e. The van der Waals surface area contributed by atoms with Gasteiger partial charge in [-0.25, -0.2) is 13.1 Å². The van der Waals surface area contributed by atoms with E-state index in [0.717, 1.165) is 5.56 Å². The zero-order chi connectivity index (χ0) is 23.6. The zero-order valence-corrected chi connectivity index (χ0v) is 19.5. The maximum absolute atomic E-state index is 12.8. The fraction of sp³-hybridized carbons (Fsp3) is 0.0833. The molecule has 3 aromatic carbocycles. The van der Waals surface area contributed by atoms with Gasteiger partial charge >= 0.3 is 0 Å². The molecule has 2 N–H and O–H groups in total. The molecule has 1 heterocycles. The van der Waals surface area contributed by atoms with Gasteiger partial charge in [-0.05, 0) is 68.4 Å². The molecule has 0 unspecified atom stereocenters. The number of aromatic nitrogens is 2. The van der Waals surface area contributed by atoms with Crippen LogP contribution in [0.4, 0.5) is 11.4 Å². The number of benzene rings is 3. The number of nitrogens with one attached hydrogen (secondary N) is 2. The number of H-pyrrole nitrogens is 1. The quantitative estimate of drug-likeness (QED) is 0.380. The highest BCUT2D eigenvalue weighted by molar-refractivity contribution is 7.92. The van der Waals surface area contributed by atoms with Crippen LogP contribution < -0.4 is 10.3 Å². The largest absolute Gasteiger partial charge is 0.295 e. The third-order valence-electron chi connectivity index (χ3n) is 4.98. The number of hydrogen-bond acceptors (Lipinski definition) is 4. The number of rotatable bonds is 6. The Hall–Kier alpha value is -3.62. The number of nitrogens with zero attached hydrogens (tertiary/aromatic N) is 2. The van der Waals surface area contributed by atoms with Gasteiger partial charge in [0.05, 0.1) is 21.8 Å². The summed E-state index contributed by atoms with van der Waals surface area (Å²) >= 11 is 6.03. The van der Waals surface area contributed by atoms with Gasteiger partial charge in [0.15, 0.2) is 0 Å². The minimum absolute atomic E-state index is 0.114. The fourth-order valence-electron chi connectivity index (χ4n) is 3.19. The number of aromatic amines is 1. The lowest BCUT2D eigenvalue weighted by Crippen LogP contribution is -2.17. The van der Waals surface area contributed by atoms with Gasteiger partial charge in [0, 0.05) is 22.6 Å². The predicted octanol–water partition coefficient (Wildman–Crippen LogP) is 4.99. The molecular formula is C24H21ClN4O3S. The van der Waals surface area contributed by atoms with E-state index in [0.29, 0.717) is 33.3 Å². The molecule has 0 saturated carbocycles. The number of aryl methyl sites for hydroxylation is 2. The molecule has 0 aliphatic heterocycles. The topological polar surface area (TPSA) is 96.3 Å². The number of sulfonamides is 1.